The second-order valence-electron chi connectivity index (χ2n) is 8.76. The lowest BCUT2D eigenvalue weighted by Crippen LogP contribution is -2.19. The minimum atomic E-state index is -1.91. The number of ether oxygens (including phenoxy) is 1. The highest BCUT2D eigenvalue weighted by atomic mass is 31.2. The number of carbonyl (C=O) groups is 1. The van der Waals surface area contributed by atoms with Gasteiger partial charge in [-0.05, 0) is 39.9 Å². The van der Waals surface area contributed by atoms with Gasteiger partial charge in [0.25, 0.3) is 6.47 Å². The summed E-state index contributed by atoms with van der Waals surface area (Å²) in [5, 5.41) is 0. The lowest BCUT2D eigenvalue weighted by atomic mass is 10.0. The Bertz CT molecular complexity index is 374. The van der Waals surface area contributed by atoms with Crippen LogP contribution in [0.2, 0.25) is 0 Å². The predicted molar refractivity (Wildman–Crippen MR) is 130 cm³/mol. The molecule has 186 valence electrons. The first-order valence-corrected chi connectivity index (χ1v) is 13.7. The highest BCUT2D eigenvalue weighted by Gasteiger charge is 2.14. The molecule has 0 aromatic rings. The molecule has 0 aliphatic carbocycles. The van der Waals surface area contributed by atoms with Gasteiger partial charge in [0.05, 0.1) is 13.2 Å². The first-order chi connectivity index (χ1) is 15.1. The Hall–Kier alpha value is -0.260. The fourth-order valence-electron chi connectivity index (χ4n) is 3.54. The largest absolute Gasteiger partial charge is 0.462 e. The zero-order valence-electron chi connectivity index (χ0n) is 20.6. The molecule has 0 aliphatic heterocycles. The van der Waals surface area contributed by atoms with Gasteiger partial charge in [-0.25, -0.2) is 0 Å². The highest BCUT2D eigenvalue weighted by Crippen LogP contribution is 2.33. The van der Waals surface area contributed by atoms with Crippen LogP contribution < -0.4 is 0 Å². The van der Waals surface area contributed by atoms with Crippen LogP contribution in [0.3, 0.4) is 0 Å². The molecule has 0 amide bonds. The summed E-state index contributed by atoms with van der Waals surface area (Å²) >= 11 is 0. The normalized spacial score (nSPS) is 13.5. The van der Waals surface area contributed by atoms with Crippen LogP contribution >= 0.6 is 8.60 Å². The average Bonchev–Trinajstić information content (AvgIpc) is 2.75. The molecule has 31 heavy (non-hydrogen) atoms. The van der Waals surface area contributed by atoms with Gasteiger partial charge in [-0.3, -0.25) is 4.79 Å². The first-order valence-electron chi connectivity index (χ1n) is 12.6. The van der Waals surface area contributed by atoms with E-state index in [1.807, 2.05) is 14.1 Å². The molecule has 0 spiro atoms. The number of carbonyl (C=O) groups excluding carboxylic acids is 1. The van der Waals surface area contributed by atoms with E-state index in [2.05, 4.69) is 11.8 Å². The molecule has 0 saturated heterocycles. The van der Waals surface area contributed by atoms with Crippen LogP contribution in [0, 0.1) is 0 Å². The maximum atomic E-state index is 10.7. The van der Waals surface area contributed by atoms with Crippen LogP contribution in [-0.2, 0) is 18.6 Å². The third kappa shape index (κ3) is 24.2. The van der Waals surface area contributed by atoms with E-state index in [4.69, 9.17) is 13.8 Å². The van der Waals surface area contributed by atoms with E-state index in [9.17, 15) is 9.69 Å². The van der Waals surface area contributed by atoms with Crippen molar-refractivity contribution in [2.75, 3.05) is 33.9 Å². The number of unbranched alkanes of at least 4 members (excludes halogenated alkanes) is 13. The molecule has 0 aliphatic rings. The Morgan fingerprint density at radius 1 is 0.806 bits per heavy atom. The lowest BCUT2D eigenvalue weighted by Gasteiger charge is -2.17. The van der Waals surface area contributed by atoms with Gasteiger partial charge in [-0.2, -0.15) is 0 Å². The zero-order valence-corrected chi connectivity index (χ0v) is 21.5. The van der Waals surface area contributed by atoms with Crippen LogP contribution in [0.4, 0.5) is 0 Å². The Labute approximate surface area is 193 Å². The molecular weight excluding hydrogens is 413 g/mol. The fourth-order valence-corrected chi connectivity index (χ4v) is 4.20. The third-order valence-corrected chi connectivity index (χ3v) is 6.22. The van der Waals surface area contributed by atoms with E-state index in [0.29, 0.717) is 13.1 Å². The van der Waals surface area contributed by atoms with E-state index in [1.165, 1.54) is 77.0 Å². The van der Waals surface area contributed by atoms with Crippen molar-refractivity contribution in [3.8, 4) is 0 Å². The summed E-state index contributed by atoms with van der Waals surface area (Å²) in [7, 11) is 2.09. The quantitative estimate of drug-likeness (QED) is 0.0934. The predicted octanol–water partition coefficient (Wildman–Crippen LogP) is 6.60. The number of hydrogen-bond donors (Lipinski definition) is 1. The van der Waals surface area contributed by atoms with Gasteiger partial charge in [-0.15, -0.1) is 0 Å². The topological polar surface area (TPSA) is 68.2 Å². The SMILES string of the molecule is CCCCCCCCCCCCCCCCC(COP(O)OCCCN(C)C)OC=O. The van der Waals surface area contributed by atoms with Gasteiger partial charge >= 0.3 is 8.60 Å². The second-order valence-corrected chi connectivity index (χ2v) is 9.75. The van der Waals surface area contributed by atoms with Gasteiger partial charge in [0.2, 0.25) is 0 Å². The van der Waals surface area contributed by atoms with Gasteiger partial charge in [0.15, 0.2) is 0 Å². The monoisotopic (exact) mass is 463 g/mol. The molecule has 0 rings (SSSR count). The Balaban J connectivity index is 3.53. The molecule has 0 aromatic carbocycles. The Morgan fingerprint density at radius 3 is 1.81 bits per heavy atom. The van der Waals surface area contributed by atoms with Crippen molar-refractivity contribution in [3.05, 3.63) is 0 Å². The molecule has 0 aromatic heterocycles. The smallest absolute Gasteiger partial charge is 0.329 e. The van der Waals surface area contributed by atoms with Crippen molar-refractivity contribution in [2.24, 2.45) is 0 Å². The Morgan fingerprint density at radius 2 is 1.32 bits per heavy atom. The second kappa shape index (κ2) is 24.4. The van der Waals surface area contributed by atoms with Crippen LogP contribution in [-0.4, -0.2) is 56.2 Å². The summed E-state index contributed by atoms with van der Waals surface area (Å²) in [6.45, 7) is 4.28. The van der Waals surface area contributed by atoms with Crippen molar-refractivity contribution in [2.45, 2.75) is 116 Å². The standard InChI is InChI=1S/C24H50NO5P/c1-4-5-6-7-8-9-10-11-12-13-14-15-16-17-19-24(28-23-26)22-30-31(27)29-21-18-20-25(2)3/h23-24,27H,4-22H2,1-3H3. The molecule has 0 bridgehead atoms. The van der Waals surface area contributed by atoms with Crippen molar-refractivity contribution in [3.63, 3.8) is 0 Å². The van der Waals surface area contributed by atoms with Gasteiger partial charge < -0.3 is 23.6 Å². The third-order valence-electron chi connectivity index (χ3n) is 5.45. The summed E-state index contributed by atoms with van der Waals surface area (Å²) < 4.78 is 15.7. The molecular formula is C24H50NO5P. The molecule has 2 unspecified atom stereocenters. The van der Waals surface area contributed by atoms with Crippen molar-refractivity contribution >= 4 is 15.1 Å². The van der Waals surface area contributed by atoms with E-state index < -0.39 is 8.60 Å². The minimum Gasteiger partial charge on any atom is -0.462 e. The summed E-state index contributed by atoms with van der Waals surface area (Å²) in [5.74, 6) is 0. The van der Waals surface area contributed by atoms with Crippen molar-refractivity contribution < 1.29 is 23.5 Å². The first kappa shape index (κ1) is 30.7. The minimum absolute atomic E-state index is 0.188. The highest BCUT2D eigenvalue weighted by molar-refractivity contribution is 7.40. The van der Waals surface area contributed by atoms with Crippen LogP contribution in [0.5, 0.6) is 0 Å². The van der Waals surface area contributed by atoms with Crippen molar-refractivity contribution in [1.29, 1.82) is 0 Å². The molecule has 1 N–H and O–H groups in total. The van der Waals surface area contributed by atoms with Gasteiger partial charge in [-0.1, -0.05) is 90.4 Å². The van der Waals surface area contributed by atoms with Crippen LogP contribution in [0.1, 0.15) is 110 Å². The van der Waals surface area contributed by atoms with Crippen molar-refractivity contribution in [1.82, 2.24) is 4.90 Å². The molecule has 2 atom stereocenters. The fraction of sp³-hybridized carbons (Fsp3) is 0.958. The number of nitrogens with zero attached hydrogens (tertiary/aromatic N) is 1. The molecule has 0 heterocycles. The van der Waals surface area contributed by atoms with E-state index in [1.54, 1.807) is 0 Å². The van der Waals surface area contributed by atoms with Crippen LogP contribution in [0.15, 0.2) is 0 Å². The van der Waals surface area contributed by atoms with E-state index in [-0.39, 0.29) is 12.7 Å². The molecule has 0 radical (unpaired) electrons. The zero-order chi connectivity index (χ0) is 23.0. The average molecular weight is 464 g/mol. The van der Waals surface area contributed by atoms with Crippen LogP contribution in [0.25, 0.3) is 0 Å². The molecule has 6 nitrogen and oxygen atoms in total. The Kier molecular flexibility index (Phi) is 24.2. The van der Waals surface area contributed by atoms with Gasteiger partial charge in [0, 0.05) is 0 Å². The molecule has 7 heteroatoms. The molecule has 0 fully saturated rings. The number of hydrogen-bond acceptors (Lipinski definition) is 6. The summed E-state index contributed by atoms with van der Waals surface area (Å²) in [6.07, 6.45) is 19.8. The number of rotatable bonds is 25. The van der Waals surface area contributed by atoms with E-state index in [0.717, 1.165) is 32.2 Å². The summed E-state index contributed by atoms with van der Waals surface area (Å²) in [5.41, 5.74) is 0. The van der Waals surface area contributed by atoms with Gasteiger partial charge in [0.1, 0.15) is 6.10 Å². The summed E-state index contributed by atoms with van der Waals surface area (Å²) in [6, 6.07) is 0. The van der Waals surface area contributed by atoms with E-state index >= 15 is 0 Å². The molecule has 0 saturated carbocycles. The maximum Gasteiger partial charge on any atom is 0.329 e. The lowest BCUT2D eigenvalue weighted by molar-refractivity contribution is -0.135. The maximum absolute atomic E-state index is 10.7. The summed E-state index contributed by atoms with van der Waals surface area (Å²) in [4.78, 5) is 22.6.